The van der Waals surface area contributed by atoms with Gasteiger partial charge >= 0.3 is 0 Å². The molecule has 1 aromatic rings. The molecule has 1 heterocycles. The summed E-state index contributed by atoms with van der Waals surface area (Å²) in [5, 5.41) is 0. The number of likely N-dealkylation sites (tertiary alicyclic amines) is 1. The summed E-state index contributed by atoms with van der Waals surface area (Å²) < 4.78 is 0. The molecule has 32 heavy (non-hydrogen) atoms. The van der Waals surface area contributed by atoms with E-state index in [0.717, 1.165) is 5.92 Å². The van der Waals surface area contributed by atoms with Gasteiger partial charge < -0.3 is 4.90 Å². The van der Waals surface area contributed by atoms with Crippen molar-refractivity contribution >= 4 is 0 Å². The molecule has 1 aromatic carbocycles. The normalized spacial score (nSPS) is 15.9. The number of aryl methyl sites for hydroxylation is 1. The minimum absolute atomic E-state index is 0.757. The van der Waals surface area contributed by atoms with Crippen LogP contribution >= 0.6 is 0 Å². The predicted octanol–water partition coefficient (Wildman–Crippen LogP) is 8.72. The quantitative estimate of drug-likeness (QED) is 0.248. The van der Waals surface area contributed by atoms with E-state index in [9.17, 15) is 0 Å². The molecule has 1 nitrogen and oxygen atoms in total. The van der Waals surface area contributed by atoms with Crippen LogP contribution in [-0.4, -0.2) is 24.5 Å². The highest BCUT2D eigenvalue weighted by Gasteiger charge is 2.20. The Labute approximate surface area is 201 Å². The van der Waals surface area contributed by atoms with Crippen molar-refractivity contribution < 1.29 is 0 Å². The number of hydrogen-bond acceptors (Lipinski definition) is 1. The number of benzene rings is 1. The molecule has 0 aliphatic carbocycles. The number of unbranched alkanes of at least 4 members (excludes halogenated alkanes) is 4. The maximum atomic E-state index is 2.74. The Morgan fingerprint density at radius 1 is 0.656 bits per heavy atom. The van der Waals surface area contributed by atoms with Gasteiger partial charge in [-0.15, -0.1) is 0 Å². The molecule has 0 spiro atoms. The highest BCUT2D eigenvalue weighted by Crippen LogP contribution is 2.31. The highest BCUT2D eigenvalue weighted by atomic mass is 15.1. The lowest BCUT2D eigenvalue weighted by Gasteiger charge is -2.30. The van der Waals surface area contributed by atoms with Crippen molar-refractivity contribution in [2.75, 3.05) is 19.6 Å². The summed E-state index contributed by atoms with van der Waals surface area (Å²) in [6.07, 6.45) is 21.3. The zero-order chi connectivity index (χ0) is 23.2. The Morgan fingerprint density at radius 2 is 1.16 bits per heavy atom. The first-order chi connectivity index (χ1) is 15.6. The van der Waals surface area contributed by atoms with E-state index >= 15 is 0 Å². The molecule has 1 fully saturated rings. The van der Waals surface area contributed by atoms with Crippen molar-refractivity contribution in [3.05, 3.63) is 33.9 Å². The molecular weight excluding hydrogens is 386 g/mol. The summed E-state index contributed by atoms with van der Waals surface area (Å²) >= 11 is 0. The van der Waals surface area contributed by atoms with Crippen LogP contribution in [0.25, 0.3) is 0 Å². The van der Waals surface area contributed by atoms with E-state index in [1.165, 1.54) is 122 Å². The maximum Gasteiger partial charge on any atom is 0.00102 e. The van der Waals surface area contributed by atoms with Crippen molar-refractivity contribution in [2.45, 2.75) is 137 Å². The van der Waals surface area contributed by atoms with Crippen molar-refractivity contribution in [1.29, 1.82) is 0 Å². The van der Waals surface area contributed by atoms with Gasteiger partial charge in [0, 0.05) is 6.54 Å². The Kier molecular flexibility index (Phi) is 13.6. The van der Waals surface area contributed by atoms with Gasteiger partial charge in [0.15, 0.2) is 0 Å². The van der Waals surface area contributed by atoms with E-state index in [-0.39, 0.29) is 0 Å². The number of hydrogen-bond donors (Lipinski definition) is 0. The SMILES string of the molecule is CCCCc1cc(CC(C)CN2CCCCC2)c(CCCC)c(CCCC)c1CCCC. The van der Waals surface area contributed by atoms with E-state index in [2.05, 4.69) is 45.6 Å². The van der Waals surface area contributed by atoms with Crippen LogP contribution < -0.4 is 0 Å². The van der Waals surface area contributed by atoms with Gasteiger partial charge in [0.25, 0.3) is 0 Å². The molecule has 184 valence electrons. The largest absolute Gasteiger partial charge is 0.303 e. The Hall–Kier alpha value is -0.820. The molecule has 1 aliphatic heterocycles. The second-order valence-corrected chi connectivity index (χ2v) is 10.7. The lowest BCUT2D eigenvalue weighted by molar-refractivity contribution is 0.200. The van der Waals surface area contributed by atoms with Crippen LogP contribution in [0.2, 0.25) is 0 Å². The summed E-state index contributed by atoms with van der Waals surface area (Å²) in [5.41, 5.74) is 8.78. The molecule has 0 saturated carbocycles. The fraction of sp³-hybridized carbons (Fsp3) is 0.806. The highest BCUT2D eigenvalue weighted by molar-refractivity contribution is 5.47. The zero-order valence-electron chi connectivity index (χ0n) is 22.5. The molecule has 1 saturated heterocycles. The topological polar surface area (TPSA) is 3.24 Å². The van der Waals surface area contributed by atoms with Crippen LogP contribution in [0.5, 0.6) is 0 Å². The first kappa shape index (κ1) is 27.4. The predicted molar refractivity (Wildman–Crippen MR) is 144 cm³/mol. The van der Waals surface area contributed by atoms with Crippen LogP contribution in [0.1, 0.15) is 133 Å². The molecule has 1 aliphatic rings. The van der Waals surface area contributed by atoms with Gasteiger partial charge in [-0.3, -0.25) is 0 Å². The average molecular weight is 442 g/mol. The van der Waals surface area contributed by atoms with E-state index in [0.29, 0.717) is 0 Å². The van der Waals surface area contributed by atoms with Crippen molar-refractivity contribution in [3.63, 3.8) is 0 Å². The molecule has 0 bridgehead atoms. The zero-order valence-corrected chi connectivity index (χ0v) is 22.5. The second kappa shape index (κ2) is 15.9. The molecule has 0 amide bonds. The first-order valence-electron chi connectivity index (χ1n) is 14.5. The van der Waals surface area contributed by atoms with Crippen LogP contribution in [-0.2, 0) is 32.1 Å². The molecule has 0 N–H and O–H groups in total. The fourth-order valence-electron chi connectivity index (χ4n) is 5.73. The van der Waals surface area contributed by atoms with E-state index in [1.54, 1.807) is 27.8 Å². The summed E-state index contributed by atoms with van der Waals surface area (Å²) in [6, 6.07) is 2.70. The van der Waals surface area contributed by atoms with Gasteiger partial charge in [0.1, 0.15) is 0 Å². The lowest BCUT2D eigenvalue weighted by Crippen LogP contribution is -2.34. The third-order valence-corrected chi connectivity index (χ3v) is 7.58. The van der Waals surface area contributed by atoms with Gasteiger partial charge in [0.05, 0.1) is 0 Å². The standard InChI is InChI=1S/C31H55N/c1-6-10-17-27-24-28(23-26(5)25-32-21-15-14-16-22-32)30(19-12-8-3)31(20-13-9-4)29(27)18-11-7-2/h24,26H,6-23,25H2,1-5H3. The van der Waals surface area contributed by atoms with Gasteiger partial charge in [0.2, 0.25) is 0 Å². The van der Waals surface area contributed by atoms with Gasteiger partial charge in [-0.2, -0.15) is 0 Å². The smallest absolute Gasteiger partial charge is 0.00102 e. The monoisotopic (exact) mass is 441 g/mol. The third kappa shape index (κ3) is 8.85. The number of piperidine rings is 1. The summed E-state index contributed by atoms with van der Waals surface area (Å²) in [6.45, 7) is 15.9. The van der Waals surface area contributed by atoms with Gasteiger partial charge in [-0.1, -0.05) is 72.8 Å². The van der Waals surface area contributed by atoms with Crippen LogP contribution in [0, 0.1) is 5.92 Å². The van der Waals surface area contributed by atoms with Crippen LogP contribution in [0.4, 0.5) is 0 Å². The van der Waals surface area contributed by atoms with Gasteiger partial charge in [-0.25, -0.2) is 0 Å². The minimum atomic E-state index is 0.757. The van der Waals surface area contributed by atoms with E-state index in [1.807, 2.05) is 0 Å². The third-order valence-electron chi connectivity index (χ3n) is 7.58. The summed E-state index contributed by atoms with van der Waals surface area (Å²) in [5.74, 6) is 0.757. The summed E-state index contributed by atoms with van der Waals surface area (Å²) in [4.78, 5) is 2.74. The van der Waals surface area contributed by atoms with Crippen molar-refractivity contribution in [2.24, 2.45) is 5.92 Å². The van der Waals surface area contributed by atoms with E-state index < -0.39 is 0 Å². The first-order valence-corrected chi connectivity index (χ1v) is 14.5. The number of nitrogens with zero attached hydrogens (tertiary/aromatic N) is 1. The molecule has 0 aromatic heterocycles. The molecule has 1 heteroatoms. The Bertz CT molecular complexity index is 626. The number of rotatable bonds is 16. The molecule has 2 rings (SSSR count). The molecule has 1 atom stereocenters. The van der Waals surface area contributed by atoms with Crippen LogP contribution in [0.15, 0.2) is 6.07 Å². The van der Waals surface area contributed by atoms with Crippen LogP contribution in [0.3, 0.4) is 0 Å². The maximum absolute atomic E-state index is 2.74. The Morgan fingerprint density at radius 3 is 1.72 bits per heavy atom. The Balaban J connectivity index is 2.39. The lowest BCUT2D eigenvalue weighted by atomic mass is 9.81. The molecule has 0 radical (unpaired) electrons. The van der Waals surface area contributed by atoms with Crippen molar-refractivity contribution in [3.8, 4) is 0 Å². The van der Waals surface area contributed by atoms with E-state index in [4.69, 9.17) is 0 Å². The molecular formula is C31H55N. The summed E-state index contributed by atoms with van der Waals surface area (Å²) in [7, 11) is 0. The van der Waals surface area contributed by atoms with Gasteiger partial charge in [-0.05, 0) is 117 Å². The minimum Gasteiger partial charge on any atom is -0.303 e. The molecule has 1 unspecified atom stereocenters. The van der Waals surface area contributed by atoms with Crippen molar-refractivity contribution in [1.82, 2.24) is 4.90 Å². The second-order valence-electron chi connectivity index (χ2n) is 10.7. The average Bonchev–Trinajstić information content (AvgIpc) is 2.80. The fourth-order valence-corrected chi connectivity index (χ4v) is 5.73.